The van der Waals surface area contributed by atoms with Crippen molar-refractivity contribution in [3.8, 4) is 11.5 Å². The van der Waals surface area contributed by atoms with Crippen LogP contribution in [0.5, 0.6) is 11.5 Å². The fourth-order valence-corrected chi connectivity index (χ4v) is 3.82. The van der Waals surface area contributed by atoms with Gasteiger partial charge in [-0.3, -0.25) is 9.69 Å². The molecule has 0 bridgehead atoms. The molecule has 1 aliphatic heterocycles. The number of benzene rings is 1. The van der Waals surface area contributed by atoms with E-state index in [4.69, 9.17) is 9.47 Å². The first-order valence-corrected chi connectivity index (χ1v) is 9.31. The quantitative estimate of drug-likeness (QED) is 0.794. The monoisotopic (exact) mass is 360 g/mol. The summed E-state index contributed by atoms with van der Waals surface area (Å²) in [4.78, 5) is 18.4. The van der Waals surface area contributed by atoms with Crippen LogP contribution in [0.2, 0.25) is 0 Å². The number of hydrogen-bond acceptors (Lipinski definition) is 5. The molecule has 0 spiro atoms. The Morgan fingerprint density at radius 1 is 1.12 bits per heavy atom. The van der Waals surface area contributed by atoms with Crippen molar-refractivity contribution in [2.45, 2.75) is 13.0 Å². The van der Waals surface area contributed by atoms with Gasteiger partial charge < -0.3 is 14.4 Å². The molecule has 5 nitrogen and oxygen atoms in total. The van der Waals surface area contributed by atoms with E-state index >= 15 is 0 Å². The molecule has 25 heavy (non-hydrogen) atoms. The molecule has 3 rings (SSSR count). The van der Waals surface area contributed by atoms with Gasteiger partial charge in [-0.1, -0.05) is 6.07 Å². The van der Waals surface area contributed by atoms with Crippen LogP contribution in [0.15, 0.2) is 35.7 Å². The molecule has 0 N–H and O–H groups in total. The number of carbonyl (C=O) groups excluding carboxylic acids is 1. The fraction of sp³-hybridized carbons (Fsp3) is 0.421. The molecule has 0 aliphatic carbocycles. The van der Waals surface area contributed by atoms with E-state index < -0.39 is 0 Å². The highest BCUT2D eigenvalue weighted by molar-refractivity contribution is 7.09. The molecule has 1 fully saturated rings. The highest BCUT2D eigenvalue weighted by Crippen LogP contribution is 2.25. The minimum absolute atomic E-state index is 0.141. The van der Waals surface area contributed by atoms with Gasteiger partial charge in [0.1, 0.15) is 11.5 Å². The Bertz CT molecular complexity index is 695. The van der Waals surface area contributed by atoms with Gasteiger partial charge in [-0.2, -0.15) is 0 Å². The predicted octanol–water partition coefficient (Wildman–Crippen LogP) is 2.65. The van der Waals surface area contributed by atoms with E-state index in [0.29, 0.717) is 6.42 Å². The number of nitrogens with zero attached hydrogens (tertiary/aromatic N) is 2. The van der Waals surface area contributed by atoms with Gasteiger partial charge >= 0.3 is 0 Å². The summed E-state index contributed by atoms with van der Waals surface area (Å²) in [6.45, 7) is 4.36. The first-order chi connectivity index (χ1) is 12.2. The zero-order valence-corrected chi connectivity index (χ0v) is 15.6. The van der Waals surface area contributed by atoms with Gasteiger partial charge in [-0.05, 0) is 29.6 Å². The summed E-state index contributed by atoms with van der Waals surface area (Å²) < 4.78 is 10.6. The van der Waals surface area contributed by atoms with Gasteiger partial charge in [0.25, 0.3) is 0 Å². The van der Waals surface area contributed by atoms with Gasteiger partial charge in [0.05, 0.1) is 20.6 Å². The zero-order chi connectivity index (χ0) is 17.6. The number of carbonyl (C=O) groups is 1. The molecule has 134 valence electrons. The maximum Gasteiger partial charge on any atom is 0.227 e. The second kappa shape index (κ2) is 8.36. The summed E-state index contributed by atoms with van der Waals surface area (Å²) in [5.74, 6) is 1.61. The van der Waals surface area contributed by atoms with Crippen LogP contribution < -0.4 is 9.47 Å². The molecular formula is C19H24N2O3S. The minimum atomic E-state index is 0.141. The topological polar surface area (TPSA) is 42.0 Å². The van der Waals surface area contributed by atoms with E-state index in [1.807, 2.05) is 23.1 Å². The van der Waals surface area contributed by atoms with E-state index in [0.717, 1.165) is 49.8 Å². The summed E-state index contributed by atoms with van der Waals surface area (Å²) in [6.07, 6.45) is 0.339. The van der Waals surface area contributed by atoms with Crippen LogP contribution >= 0.6 is 11.3 Å². The lowest BCUT2D eigenvalue weighted by molar-refractivity contribution is -0.132. The molecule has 2 heterocycles. The number of thiophene rings is 1. The Morgan fingerprint density at radius 3 is 2.56 bits per heavy atom. The highest BCUT2D eigenvalue weighted by atomic mass is 32.1. The Labute approximate surface area is 152 Å². The fourth-order valence-electron chi connectivity index (χ4n) is 3.07. The molecule has 0 saturated carbocycles. The lowest BCUT2D eigenvalue weighted by atomic mass is 10.1. The van der Waals surface area contributed by atoms with Crippen LogP contribution in [0.1, 0.15) is 10.4 Å². The van der Waals surface area contributed by atoms with Crippen molar-refractivity contribution in [1.82, 2.24) is 9.80 Å². The van der Waals surface area contributed by atoms with E-state index in [9.17, 15) is 4.79 Å². The third kappa shape index (κ3) is 4.52. The van der Waals surface area contributed by atoms with Crippen LogP contribution in [0.4, 0.5) is 0 Å². The average Bonchev–Trinajstić information content (AvgIpc) is 3.15. The standard InChI is InChI=1S/C19H24N2O3S/c1-23-16-5-6-18(24-2)15(12-16)13-19(22)21-9-7-20(8-10-21)14-17-4-3-11-25-17/h3-6,11-12H,7-10,13-14H2,1-2H3. The second-order valence-electron chi connectivity index (χ2n) is 6.09. The predicted molar refractivity (Wildman–Crippen MR) is 99.4 cm³/mol. The largest absolute Gasteiger partial charge is 0.497 e. The second-order valence-corrected chi connectivity index (χ2v) is 7.12. The normalized spacial score (nSPS) is 15.2. The zero-order valence-electron chi connectivity index (χ0n) is 14.7. The molecule has 1 amide bonds. The van der Waals surface area contributed by atoms with Gasteiger partial charge in [-0.25, -0.2) is 0 Å². The summed E-state index contributed by atoms with van der Waals surface area (Å²) in [6, 6.07) is 9.82. The number of methoxy groups -OCH3 is 2. The maximum atomic E-state index is 12.7. The number of ether oxygens (including phenoxy) is 2. The average molecular weight is 360 g/mol. The van der Waals surface area contributed by atoms with Crippen molar-refractivity contribution in [2.24, 2.45) is 0 Å². The van der Waals surface area contributed by atoms with Crippen LogP contribution in [-0.4, -0.2) is 56.1 Å². The maximum absolute atomic E-state index is 12.7. The van der Waals surface area contributed by atoms with E-state index in [2.05, 4.69) is 22.4 Å². The van der Waals surface area contributed by atoms with Crippen molar-refractivity contribution in [3.05, 3.63) is 46.2 Å². The molecule has 1 aromatic heterocycles. The van der Waals surface area contributed by atoms with Crippen molar-refractivity contribution in [1.29, 1.82) is 0 Å². The summed E-state index contributed by atoms with van der Waals surface area (Å²) >= 11 is 1.79. The first kappa shape index (κ1) is 17.8. The number of rotatable bonds is 6. The summed E-state index contributed by atoms with van der Waals surface area (Å²) in [5.41, 5.74) is 0.868. The third-order valence-electron chi connectivity index (χ3n) is 4.51. The molecule has 0 atom stereocenters. The SMILES string of the molecule is COc1ccc(OC)c(CC(=O)N2CCN(Cc3cccs3)CC2)c1. The van der Waals surface area contributed by atoms with E-state index in [1.165, 1.54) is 4.88 Å². The highest BCUT2D eigenvalue weighted by Gasteiger charge is 2.22. The Kier molecular flexibility index (Phi) is 5.94. The number of piperazine rings is 1. The molecule has 1 saturated heterocycles. The summed E-state index contributed by atoms with van der Waals surface area (Å²) in [5, 5.41) is 2.11. The van der Waals surface area contributed by atoms with E-state index in [-0.39, 0.29) is 5.91 Å². The minimum Gasteiger partial charge on any atom is -0.497 e. The molecule has 6 heteroatoms. The summed E-state index contributed by atoms with van der Waals surface area (Å²) in [7, 11) is 3.25. The van der Waals surface area contributed by atoms with Gasteiger partial charge in [-0.15, -0.1) is 11.3 Å². The van der Waals surface area contributed by atoms with Crippen LogP contribution in [0, 0.1) is 0 Å². The van der Waals surface area contributed by atoms with Crippen molar-refractivity contribution < 1.29 is 14.3 Å². The number of amides is 1. The van der Waals surface area contributed by atoms with Crippen LogP contribution in [0.25, 0.3) is 0 Å². The molecule has 1 aliphatic rings. The van der Waals surface area contributed by atoms with Crippen molar-refractivity contribution in [3.63, 3.8) is 0 Å². The van der Waals surface area contributed by atoms with Crippen LogP contribution in [0.3, 0.4) is 0 Å². The lowest BCUT2D eigenvalue weighted by Crippen LogP contribution is -2.48. The molecule has 0 unspecified atom stereocenters. The lowest BCUT2D eigenvalue weighted by Gasteiger charge is -2.34. The third-order valence-corrected chi connectivity index (χ3v) is 5.37. The van der Waals surface area contributed by atoms with E-state index in [1.54, 1.807) is 25.6 Å². The van der Waals surface area contributed by atoms with Gasteiger partial charge in [0, 0.05) is 43.2 Å². The Hall–Kier alpha value is -2.05. The van der Waals surface area contributed by atoms with Gasteiger partial charge in [0.15, 0.2) is 0 Å². The van der Waals surface area contributed by atoms with Gasteiger partial charge in [0.2, 0.25) is 5.91 Å². The Balaban J connectivity index is 1.56. The molecular weight excluding hydrogens is 336 g/mol. The molecule has 1 aromatic carbocycles. The van der Waals surface area contributed by atoms with Crippen LogP contribution in [-0.2, 0) is 17.8 Å². The first-order valence-electron chi connectivity index (χ1n) is 8.43. The van der Waals surface area contributed by atoms with Crippen molar-refractivity contribution >= 4 is 17.2 Å². The number of hydrogen-bond donors (Lipinski definition) is 0. The smallest absolute Gasteiger partial charge is 0.227 e. The Morgan fingerprint density at radius 2 is 1.92 bits per heavy atom. The molecule has 2 aromatic rings. The van der Waals surface area contributed by atoms with Crippen molar-refractivity contribution in [2.75, 3.05) is 40.4 Å². The molecule has 0 radical (unpaired) electrons.